The molecule has 1 atom stereocenters. The van der Waals surface area contributed by atoms with Gasteiger partial charge in [0.1, 0.15) is 11.9 Å². The predicted molar refractivity (Wildman–Crippen MR) is 83.1 cm³/mol. The number of benzene rings is 1. The van der Waals surface area contributed by atoms with Gasteiger partial charge < -0.3 is 15.8 Å². The monoisotopic (exact) mass is 357 g/mol. The molecule has 0 spiro atoms. The van der Waals surface area contributed by atoms with Crippen molar-refractivity contribution >= 4 is 17.5 Å². The van der Waals surface area contributed by atoms with Crippen LogP contribution in [0.15, 0.2) is 30.5 Å². The average molecular weight is 357 g/mol. The Hall–Kier alpha value is -3.11. The van der Waals surface area contributed by atoms with Crippen LogP contribution < -0.4 is 15.8 Å². The van der Waals surface area contributed by atoms with Crippen LogP contribution in [0.1, 0.15) is 18.5 Å². The lowest BCUT2D eigenvalue weighted by molar-refractivity contribution is -0.384. The Bertz CT molecular complexity index is 752. The van der Waals surface area contributed by atoms with Crippen LogP contribution in [0.25, 0.3) is 0 Å². The molecule has 1 heterocycles. The number of nitrogen functional groups attached to an aromatic ring is 1. The van der Waals surface area contributed by atoms with Gasteiger partial charge in [-0.2, -0.15) is 18.2 Å². The van der Waals surface area contributed by atoms with Crippen molar-refractivity contribution in [3.05, 3.63) is 46.1 Å². The first kappa shape index (κ1) is 18.2. The molecule has 0 fully saturated rings. The van der Waals surface area contributed by atoms with Crippen molar-refractivity contribution in [2.45, 2.75) is 19.1 Å². The molecule has 1 aromatic heterocycles. The van der Waals surface area contributed by atoms with E-state index in [9.17, 15) is 23.3 Å². The molecule has 25 heavy (non-hydrogen) atoms. The highest BCUT2D eigenvalue weighted by Crippen LogP contribution is 2.24. The minimum absolute atomic E-state index is 0.0871. The van der Waals surface area contributed by atoms with Gasteiger partial charge >= 0.3 is 11.9 Å². The van der Waals surface area contributed by atoms with E-state index >= 15 is 0 Å². The van der Waals surface area contributed by atoms with Crippen LogP contribution in [0.3, 0.4) is 0 Å². The Kier molecular flexibility index (Phi) is 5.25. The lowest BCUT2D eigenvalue weighted by atomic mass is 10.1. The summed E-state index contributed by atoms with van der Waals surface area (Å²) in [5.41, 5.74) is 5.81. The van der Waals surface area contributed by atoms with Crippen molar-refractivity contribution in [2.75, 3.05) is 17.7 Å². The molecule has 0 saturated carbocycles. The normalized spacial score (nSPS) is 12.5. The quantitative estimate of drug-likeness (QED) is 0.603. The maximum Gasteiger partial charge on any atom is 0.422 e. The predicted octanol–water partition coefficient (Wildman–Crippen LogP) is 3.08. The summed E-state index contributed by atoms with van der Waals surface area (Å²) in [6.07, 6.45) is -3.41. The van der Waals surface area contributed by atoms with Gasteiger partial charge in [0.25, 0.3) is 0 Å². The molecule has 2 rings (SSSR count). The lowest BCUT2D eigenvalue weighted by Gasteiger charge is -2.15. The maximum atomic E-state index is 12.1. The Morgan fingerprint density at radius 1 is 1.36 bits per heavy atom. The second-order valence-corrected chi connectivity index (χ2v) is 5.06. The van der Waals surface area contributed by atoms with Crippen molar-refractivity contribution in [3.63, 3.8) is 0 Å². The molecule has 0 radical (unpaired) electrons. The average Bonchev–Trinajstić information content (AvgIpc) is 2.52. The van der Waals surface area contributed by atoms with Gasteiger partial charge in [-0.1, -0.05) is 12.1 Å². The van der Waals surface area contributed by atoms with Gasteiger partial charge in [0.2, 0.25) is 11.8 Å². The van der Waals surface area contributed by atoms with Crippen molar-refractivity contribution in [1.82, 2.24) is 9.97 Å². The topological polar surface area (TPSA) is 116 Å². The molecule has 1 aromatic carbocycles. The van der Waals surface area contributed by atoms with E-state index in [4.69, 9.17) is 5.73 Å². The molecule has 3 N–H and O–H groups in total. The Morgan fingerprint density at radius 3 is 2.52 bits per heavy atom. The zero-order valence-corrected chi connectivity index (χ0v) is 12.9. The summed E-state index contributed by atoms with van der Waals surface area (Å²) in [4.78, 5) is 17.6. The fourth-order valence-electron chi connectivity index (χ4n) is 1.89. The Morgan fingerprint density at radius 2 is 2.00 bits per heavy atom. The van der Waals surface area contributed by atoms with Gasteiger partial charge in [-0.3, -0.25) is 10.1 Å². The van der Waals surface area contributed by atoms with Crippen LogP contribution in [0.4, 0.5) is 30.6 Å². The van der Waals surface area contributed by atoms with E-state index in [1.165, 1.54) is 12.1 Å². The number of halogens is 3. The largest absolute Gasteiger partial charge is 0.484 e. The first-order chi connectivity index (χ1) is 11.7. The molecule has 0 aliphatic heterocycles. The molecule has 0 bridgehead atoms. The standard InChI is InChI=1S/C14H14F3N5O3/c1-8(20-13-19-6-11(22(23)24)12(18)21-13)9-2-4-10(5-3-9)25-7-14(15,16)17/h2-6,8H,7H2,1H3,(H3,18,19,20,21). The van der Waals surface area contributed by atoms with E-state index < -0.39 is 23.4 Å². The van der Waals surface area contributed by atoms with Crippen molar-refractivity contribution in [3.8, 4) is 5.75 Å². The number of hydrogen-bond acceptors (Lipinski definition) is 7. The Balaban J connectivity index is 2.02. The zero-order chi connectivity index (χ0) is 18.6. The minimum Gasteiger partial charge on any atom is -0.484 e. The number of rotatable bonds is 6. The fraction of sp³-hybridized carbons (Fsp3) is 0.286. The number of hydrogen-bond donors (Lipinski definition) is 2. The highest BCUT2D eigenvalue weighted by molar-refractivity contribution is 5.53. The Labute approximate surface area is 140 Å². The van der Waals surface area contributed by atoms with E-state index in [2.05, 4.69) is 20.0 Å². The maximum absolute atomic E-state index is 12.1. The van der Waals surface area contributed by atoms with Gasteiger partial charge in [0.05, 0.1) is 11.0 Å². The van der Waals surface area contributed by atoms with Crippen LogP contribution in [-0.4, -0.2) is 27.7 Å². The smallest absolute Gasteiger partial charge is 0.422 e. The summed E-state index contributed by atoms with van der Waals surface area (Å²) in [5.74, 6) is -0.0947. The molecule has 8 nitrogen and oxygen atoms in total. The van der Waals surface area contributed by atoms with Crippen LogP contribution in [0.2, 0.25) is 0 Å². The van der Waals surface area contributed by atoms with Crippen molar-refractivity contribution in [2.24, 2.45) is 0 Å². The van der Waals surface area contributed by atoms with Gasteiger partial charge in [0, 0.05) is 0 Å². The van der Waals surface area contributed by atoms with Crippen LogP contribution in [-0.2, 0) is 0 Å². The minimum atomic E-state index is -4.40. The zero-order valence-electron chi connectivity index (χ0n) is 12.9. The summed E-state index contributed by atoms with van der Waals surface area (Å²) in [6.45, 7) is 0.391. The van der Waals surface area contributed by atoms with Crippen molar-refractivity contribution in [1.29, 1.82) is 0 Å². The van der Waals surface area contributed by atoms with Gasteiger partial charge in [-0.15, -0.1) is 0 Å². The summed E-state index contributed by atoms with van der Waals surface area (Å²) in [7, 11) is 0. The number of nitrogens with two attached hydrogens (primary N) is 1. The van der Waals surface area contributed by atoms with Crippen LogP contribution in [0, 0.1) is 10.1 Å². The highest BCUT2D eigenvalue weighted by Gasteiger charge is 2.28. The molecule has 0 aliphatic rings. The molecule has 1 unspecified atom stereocenters. The summed E-state index contributed by atoms with van der Waals surface area (Å²) in [6, 6.07) is 5.66. The number of ether oxygens (including phenoxy) is 1. The van der Waals surface area contributed by atoms with Crippen LogP contribution >= 0.6 is 0 Å². The number of anilines is 2. The summed E-state index contributed by atoms with van der Waals surface area (Å²) < 4.78 is 40.9. The summed E-state index contributed by atoms with van der Waals surface area (Å²) in [5, 5.41) is 13.6. The van der Waals surface area contributed by atoms with Gasteiger partial charge in [-0.25, -0.2) is 4.98 Å². The molecule has 11 heteroatoms. The molecular weight excluding hydrogens is 343 g/mol. The molecule has 2 aromatic rings. The molecule has 0 amide bonds. The lowest BCUT2D eigenvalue weighted by Crippen LogP contribution is -2.19. The number of alkyl halides is 3. The van der Waals surface area contributed by atoms with Crippen LogP contribution in [0.5, 0.6) is 5.75 Å². The third-order valence-corrected chi connectivity index (χ3v) is 3.12. The molecule has 0 saturated heterocycles. The third kappa shape index (κ3) is 5.19. The number of aromatic nitrogens is 2. The first-order valence-electron chi connectivity index (χ1n) is 6.98. The van der Waals surface area contributed by atoms with Gasteiger partial charge in [0.15, 0.2) is 6.61 Å². The second-order valence-electron chi connectivity index (χ2n) is 5.06. The fourth-order valence-corrected chi connectivity index (χ4v) is 1.89. The van der Waals surface area contributed by atoms with E-state index in [0.717, 1.165) is 11.8 Å². The molecule has 134 valence electrons. The number of nitrogens with zero attached hydrogens (tertiary/aromatic N) is 3. The van der Waals surface area contributed by atoms with Gasteiger partial charge in [-0.05, 0) is 24.6 Å². The van der Waals surface area contributed by atoms with E-state index in [0.29, 0.717) is 0 Å². The molecular formula is C14H14F3N5O3. The molecule has 0 aliphatic carbocycles. The van der Waals surface area contributed by atoms with E-state index in [-0.39, 0.29) is 23.6 Å². The first-order valence-corrected chi connectivity index (χ1v) is 6.98. The van der Waals surface area contributed by atoms with E-state index in [1.54, 1.807) is 19.1 Å². The SMILES string of the molecule is CC(Nc1ncc([N+](=O)[O-])c(N)n1)c1ccc(OCC(F)(F)F)cc1. The summed E-state index contributed by atoms with van der Waals surface area (Å²) >= 11 is 0. The van der Waals surface area contributed by atoms with E-state index in [1.807, 2.05) is 0 Å². The number of nitrogens with one attached hydrogen (secondary N) is 1. The van der Waals surface area contributed by atoms with Crippen molar-refractivity contribution < 1.29 is 22.8 Å². The highest BCUT2D eigenvalue weighted by atomic mass is 19.4. The second kappa shape index (κ2) is 7.20. The number of nitro groups is 1. The third-order valence-electron chi connectivity index (χ3n) is 3.12.